The van der Waals surface area contributed by atoms with Crippen molar-refractivity contribution in [3.63, 3.8) is 0 Å². The van der Waals surface area contributed by atoms with Gasteiger partial charge in [0.15, 0.2) is 5.82 Å². The summed E-state index contributed by atoms with van der Waals surface area (Å²) in [6.07, 6.45) is 0.658. The zero-order valence-electron chi connectivity index (χ0n) is 14.7. The molecule has 26 heavy (non-hydrogen) atoms. The number of methoxy groups -OCH3 is 1. The Labute approximate surface area is 151 Å². The lowest BCUT2D eigenvalue weighted by Crippen LogP contribution is -2.38. The van der Waals surface area contributed by atoms with Gasteiger partial charge in [-0.3, -0.25) is 4.79 Å². The summed E-state index contributed by atoms with van der Waals surface area (Å²) in [5.74, 6) is 0.799. The number of nitrogens with two attached hydrogens (primary N) is 2. The lowest BCUT2D eigenvalue weighted by Gasteiger charge is -2.10. The van der Waals surface area contributed by atoms with Crippen molar-refractivity contribution in [2.45, 2.75) is 12.5 Å². The number of fused-ring (bicyclic) bond motifs is 1. The molecule has 7 heteroatoms. The Bertz CT molecular complexity index is 889. The minimum absolute atomic E-state index is 0.157. The molecule has 0 aliphatic carbocycles. The number of carbonyl (C=O) groups is 1. The first-order valence-corrected chi connectivity index (χ1v) is 8.48. The fourth-order valence-corrected chi connectivity index (χ4v) is 2.70. The second-order valence-electron chi connectivity index (χ2n) is 6.09. The van der Waals surface area contributed by atoms with E-state index in [1.807, 2.05) is 42.5 Å². The number of imidazole rings is 1. The highest BCUT2D eigenvalue weighted by molar-refractivity contribution is 5.94. The Hall–Kier alpha value is -2.90. The van der Waals surface area contributed by atoms with Crippen LogP contribution in [0.4, 0.5) is 0 Å². The maximum absolute atomic E-state index is 12.2. The van der Waals surface area contributed by atoms with Crippen LogP contribution in [0.3, 0.4) is 0 Å². The van der Waals surface area contributed by atoms with Gasteiger partial charge in [0.2, 0.25) is 0 Å². The molecular formula is C19H23N5O2. The maximum atomic E-state index is 12.2. The quantitative estimate of drug-likeness (QED) is 0.515. The molecule has 1 aromatic heterocycles. The Morgan fingerprint density at radius 1 is 1.23 bits per heavy atom. The molecule has 1 heterocycles. The zero-order valence-corrected chi connectivity index (χ0v) is 14.7. The average Bonchev–Trinajstić information content (AvgIpc) is 3.10. The lowest BCUT2D eigenvalue weighted by molar-refractivity contribution is 0.0941. The predicted octanol–water partition coefficient (Wildman–Crippen LogP) is 1.64. The van der Waals surface area contributed by atoms with Crippen molar-refractivity contribution < 1.29 is 9.53 Å². The van der Waals surface area contributed by atoms with Gasteiger partial charge < -0.3 is 26.5 Å². The molecule has 0 aliphatic heterocycles. The minimum atomic E-state index is -0.278. The number of nitrogens with one attached hydrogen (secondary N) is 2. The lowest BCUT2D eigenvalue weighted by atomic mass is 10.1. The summed E-state index contributed by atoms with van der Waals surface area (Å²) in [4.78, 5) is 19.7. The summed E-state index contributed by atoms with van der Waals surface area (Å²) in [6, 6.07) is 13.5. The third-order valence-corrected chi connectivity index (χ3v) is 4.18. The van der Waals surface area contributed by atoms with E-state index < -0.39 is 0 Å². The first-order valence-electron chi connectivity index (χ1n) is 8.48. The van der Waals surface area contributed by atoms with Crippen molar-refractivity contribution in [2.75, 3.05) is 20.2 Å². The van der Waals surface area contributed by atoms with Crippen molar-refractivity contribution in [2.24, 2.45) is 11.5 Å². The molecule has 7 nitrogen and oxygen atoms in total. The fourth-order valence-electron chi connectivity index (χ4n) is 2.70. The number of H-pyrrole nitrogens is 1. The van der Waals surface area contributed by atoms with Gasteiger partial charge in [-0.1, -0.05) is 18.2 Å². The zero-order chi connectivity index (χ0) is 18.5. The van der Waals surface area contributed by atoms with Crippen LogP contribution in [0.2, 0.25) is 0 Å². The molecule has 1 atom stereocenters. The van der Waals surface area contributed by atoms with E-state index in [1.165, 1.54) is 0 Å². The first kappa shape index (κ1) is 17.9. The molecule has 2 aromatic carbocycles. The van der Waals surface area contributed by atoms with Gasteiger partial charge in [-0.15, -0.1) is 0 Å². The Morgan fingerprint density at radius 2 is 1.96 bits per heavy atom. The number of ether oxygens (including phenoxy) is 1. The summed E-state index contributed by atoms with van der Waals surface area (Å²) in [5.41, 5.74) is 14.9. The summed E-state index contributed by atoms with van der Waals surface area (Å²) in [5, 5.41) is 2.78. The molecule has 0 aliphatic rings. The van der Waals surface area contributed by atoms with Gasteiger partial charge in [0.1, 0.15) is 5.75 Å². The van der Waals surface area contributed by atoms with Gasteiger partial charge in [0.05, 0.1) is 18.1 Å². The number of benzene rings is 2. The number of carbonyl (C=O) groups excluding carboxylic acids is 1. The summed E-state index contributed by atoms with van der Waals surface area (Å²) >= 11 is 0. The van der Waals surface area contributed by atoms with E-state index in [0.717, 1.165) is 27.9 Å². The van der Waals surface area contributed by atoms with Crippen LogP contribution in [0.1, 0.15) is 17.0 Å². The summed E-state index contributed by atoms with van der Waals surface area (Å²) in [7, 11) is 1.64. The Balaban J connectivity index is 1.77. The largest absolute Gasteiger partial charge is 0.497 e. The third-order valence-electron chi connectivity index (χ3n) is 4.18. The standard InChI is InChI=1S/C19H23N5O2/c1-26-15-5-2-12(3-6-15)13-4-7-16-17(10-13)24-18(23-16)19(25)22-11-14(21)8-9-20/h2-7,10,14H,8-9,11,20-21H2,1H3,(H,22,25)(H,23,24)/t14-/m0/s1. The van der Waals surface area contributed by atoms with Crippen molar-refractivity contribution in [1.29, 1.82) is 0 Å². The van der Waals surface area contributed by atoms with Gasteiger partial charge in [0, 0.05) is 12.6 Å². The van der Waals surface area contributed by atoms with Gasteiger partial charge in [-0.05, 0) is 48.4 Å². The highest BCUT2D eigenvalue weighted by atomic mass is 16.5. The van der Waals surface area contributed by atoms with Gasteiger partial charge >= 0.3 is 0 Å². The molecule has 0 fully saturated rings. The van der Waals surface area contributed by atoms with Crippen molar-refractivity contribution in [3.05, 3.63) is 48.3 Å². The molecule has 0 radical (unpaired) electrons. The van der Waals surface area contributed by atoms with Crippen LogP contribution in [0.5, 0.6) is 5.75 Å². The van der Waals surface area contributed by atoms with Crippen LogP contribution in [-0.2, 0) is 0 Å². The molecular weight excluding hydrogens is 330 g/mol. The van der Waals surface area contributed by atoms with Crippen LogP contribution in [-0.4, -0.2) is 42.1 Å². The van der Waals surface area contributed by atoms with E-state index in [2.05, 4.69) is 15.3 Å². The molecule has 0 unspecified atom stereocenters. The van der Waals surface area contributed by atoms with E-state index in [4.69, 9.17) is 16.2 Å². The summed E-state index contributed by atoms with van der Waals surface area (Å²) < 4.78 is 5.18. The van der Waals surface area contributed by atoms with Crippen molar-refractivity contribution in [1.82, 2.24) is 15.3 Å². The number of nitrogens with zero attached hydrogens (tertiary/aromatic N) is 1. The van der Waals surface area contributed by atoms with E-state index >= 15 is 0 Å². The normalized spacial score (nSPS) is 12.1. The SMILES string of the molecule is COc1ccc(-c2ccc3[nH]c(C(=O)NC[C@@H](N)CCN)nc3c2)cc1. The third kappa shape index (κ3) is 4.01. The van der Waals surface area contributed by atoms with E-state index in [1.54, 1.807) is 7.11 Å². The van der Waals surface area contributed by atoms with Gasteiger partial charge in [-0.25, -0.2) is 4.98 Å². The van der Waals surface area contributed by atoms with Crippen molar-refractivity contribution in [3.8, 4) is 16.9 Å². The van der Waals surface area contributed by atoms with Crippen LogP contribution < -0.4 is 21.5 Å². The minimum Gasteiger partial charge on any atom is -0.497 e. The number of hydrogen-bond acceptors (Lipinski definition) is 5. The predicted molar refractivity (Wildman–Crippen MR) is 102 cm³/mol. The fraction of sp³-hybridized carbons (Fsp3) is 0.263. The molecule has 0 saturated heterocycles. The average molecular weight is 353 g/mol. The Morgan fingerprint density at radius 3 is 2.65 bits per heavy atom. The number of hydrogen-bond donors (Lipinski definition) is 4. The molecule has 136 valence electrons. The highest BCUT2D eigenvalue weighted by Gasteiger charge is 2.13. The van der Waals surface area contributed by atoms with E-state index in [0.29, 0.717) is 19.5 Å². The monoisotopic (exact) mass is 353 g/mol. The van der Waals surface area contributed by atoms with E-state index in [-0.39, 0.29) is 17.8 Å². The smallest absolute Gasteiger partial charge is 0.287 e. The molecule has 0 spiro atoms. The van der Waals surface area contributed by atoms with Gasteiger partial charge in [0.25, 0.3) is 5.91 Å². The molecule has 3 aromatic rings. The van der Waals surface area contributed by atoms with Crippen LogP contribution in [0.25, 0.3) is 22.2 Å². The topological polar surface area (TPSA) is 119 Å². The highest BCUT2D eigenvalue weighted by Crippen LogP contribution is 2.25. The molecule has 0 bridgehead atoms. The van der Waals surface area contributed by atoms with E-state index in [9.17, 15) is 4.79 Å². The van der Waals surface area contributed by atoms with Gasteiger partial charge in [-0.2, -0.15) is 0 Å². The number of rotatable bonds is 7. The molecule has 6 N–H and O–H groups in total. The molecule has 0 saturated carbocycles. The number of aromatic nitrogens is 2. The number of aromatic amines is 1. The second-order valence-corrected chi connectivity index (χ2v) is 6.09. The molecule has 3 rings (SSSR count). The van der Waals surface area contributed by atoms with Crippen LogP contribution >= 0.6 is 0 Å². The maximum Gasteiger partial charge on any atom is 0.287 e. The first-order chi connectivity index (χ1) is 12.6. The van der Waals surface area contributed by atoms with Crippen LogP contribution in [0.15, 0.2) is 42.5 Å². The Kier molecular flexibility index (Phi) is 5.50. The van der Waals surface area contributed by atoms with Crippen LogP contribution in [0, 0.1) is 0 Å². The summed E-state index contributed by atoms with van der Waals surface area (Å²) in [6.45, 7) is 0.861. The second kappa shape index (κ2) is 7.99. The van der Waals surface area contributed by atoms with Crippen molar-refractivity contribution >= 4 is 16.9 Å². The number of amides is 1. The molecule has 1 amide bonds.